The Labute approximate surface area is 110 Å². The Morgan fingerprint density at radius 1 is 1.18 bits per heavy atom. The fourth-order valence-electron chi connectivity index (χ4n) is 1.59. The first kappa shape index (κ1) is 12.3. The summed E-state index contributed by atoms with van der Waals surface area (Å²) in [5, 5.41) is 4.48. The lowest BCUT2D eigenvalue weighted by Crippen LogP contribution is -1.99. The van der Waals surface area contributed by atoms with Gasteiger partial charge < -0.3 is 9.88 Å². The average Bonchev–Trinajstić information content (AvgIpc) is 2.54. The molecular weight excluding hydrogens is 257 g/mol. The zero-order chi connectivity index (χ0) is 12.6. The summed E-state index contributed by atoms with van der Waals surface area (Å²) in [5.74, 6) is 0.740. The number of nitrogens with one attached hydrogen (secondary N) is 1. The molecule has 1 heterocycles. The van der Waals surface area contributed by atoms with Crippen LogP contribution in [-0.2, 0) is 7.05 Å². The van der Waals surface area contributed by atoms with Crippen LogP contribution in [0.15, 0.2) is 18.3 Å². The number of aromatic nitrogens is 2. The van der Waals surface area contributed by atoms with Gasteiger partial charge in [-0.15, -0.1) is 0 Å². The first-order valence-electron chi connectivity index (χ1n) is 5.20. The van der Waals surface area contributed by atoms with Gasteiger partial charge in [-0.05, 0) is 31.5 Å². The summed E-state index contributed by atoms with van der Waals surface area (Å²) < 4.78 is 1.90. The quantitative estimate of drug-likeness (QED) is 0.890. The molecule has 0 spiro atoms. The van der Waals surface area contributed by atoms with E-state index in [0.717, 1.165) is 22.9 Å². The summed E-state index contributed by atoms with van der Waals surface area (Å²) in [6.07, 6.45) is 1.94. The maximum atomic E-state index is 6.15. The molecule has 0 saturated heterocycles. The molecule has 0 amide bonds. The van der Waals surface area contributed by atoms with E-state index in [1.165, 1.54) is 0 Å². The van der Waals surface area contributed by atoms with Crippen LogP contribution in [0.2, 0.25) is 10.0 Å². The van der Waals surface area contributed by atoms with Gasteiger partial charge in [0.25, 0.3) is 0 Å². The van der Waals surface area contributed by atoms with E-state index in [4.69, 9.17) is 23.2 Å². The highest BCUT2D eigenvalue weighted by Crippen LogP contribution is 2.30. The molecule has 0 aliphatic rings. The second kappa shape index (κ2) is 4.59. The van der Waals surface area contributed by atoms with Crippen molar-refractivity contribution in [2.24, 2.45) is 7.05 Å². The number of benzene rings is 1. The van der Waals surface area contributed by atoms with Gasteiger partial charge in [0, 0.05) is 18.3 Å². The standard InChI is InChI=1S/C12H13Cl2N3/c1-7-4-10(14)11(5-9(7)13)16-12-15-8(2)6-17(12)3/h4-6H,1-3H3,(H,15,16). The Bertz CT molecular complexity index is 561. The normalized spacial score (nSPS) is 10.6. The fourth-order valence-corrected chi connectivity index (χ4v) is 2.02. The van der Waals surface area contributed by atoms with E-state index < -0.39 is 0 Å². The van der Waals surface area contributed by atoms with Gasteiger partial charge in [-0.2, -0.15) is 0 Å². The van der Waals surface area contributed by atoms with Crippen LogP contribution < -0.4 is 5.32 Å². The van der Waals surface area contributed by atoms with Crippen molar-refractivity contribution in [3.63, 3.8) is 0 Å². The maximum absolute atomic E-state index is 6.15. The molecule has 0 aliphatic heterocycles. The number of hydrogen-bond donors (Lipinski definition) is 1. The Balaban J connectivity index is 2.36. The number of imidazole rings is 1. The minimum Gasteiger partial charge on any atom is -0.324 e. The summed E-state index contributed by atoms with van der Waals surface area (Å²) in [4.78, 5) is 4.35. The SMILES string of the molecule is Cc1cn(C)c(Nc2cc(Cl)c(C)cc2Cl)n1. The van der Waals surface area contributed by atoms with Crippen LogP contribution >= 0.6 is 23.2 Å². The maximum Gasteiger partial charge on any atom is 0.207 e. The summed E-state index contributed by atoms with van der Waals surface area (Å²) in [5.41, 5.74) is 2.67. The highest BCUT2D eigenvalue weighted by atomic mass is 35.5. The van der Waals surface area contributed by atoms with Crippen molar-refractivity contribution < 1.29 is 0 Å². The lowest BCUT2D eigenvalue weighted by atomic mass is 10.2. The predicted molar refractivity (Wildman–Crippen MR) is 72.4 cm³/mol. The highest BCUT2D eigenvalue weighted by Gasteiger charge is 2.08. The first-order chi connectivity index (χ1) is 7.97. The van der Waals surface area contributed by atoms with Crippen molar-refractivity contribution in [3.05, 3.63) is 39.6 Å². The zero-order valence-corrected chi connectivity index (χ0v) is 11.4. The molecule has 0 fully saturated rings. The largest absolute Gasteiger partial charge is 0.324 e. The molecule has 1 aromatic carbocycles. The average molecular weight is 270 g/mol. The minimum absolute atomic E-state index is 0.632. The van der Waals surface area contributed by atoms with Gasteiger partial charge in [-0.25, -0.2) is 4.98 Å². The molecule has 0 unspecified atom stereocenters. The van der Waals surface area contributed by atoms with E-state index >= 15 is 0 Å². The highest BCUT2D eigenvalue weighted by molar-refractivity contribution is 6.35. The number of halogens is 2. The molecule has 3 nitrogen and oxygen atoms in total. The lowest BCUT2D eigenvalue weighted by Gasteiger charge is -2.09. The molecule has 2 rings (SSSR count). The van der Waals surface area contributed by atoms with E-state index in [0.29, 0.717) is 10.0 Å². The third-order valence-corrected chi connectivity index (χ3v) is 3.21. The molecule has 0 bridgehead atoms. The second-order valence-electron chi connectivity index (χ2n) is 4.02. The van der Waals surface area contributed by atoms with Crippen LogP contribution in [0.3, 0.4) is 0 Å². The van der Waals surface area contributed by atoms with Gasteiger partial charge in [0.15, 0.2) is 0 Å². The van der Waals surface area contributed by atoms with Gasteiger partial charge in [-0.3, -0.25) is 0 Å². The van der Waals surface area contributed by atoms with Crippen molar-refractivity contribution in [2.75, 3.05) is 5.32 Å². The molecule has 2 aromatic rings. The van der Waals surface area contributed by atoms with E-state index in [1.54, 1.807) is 0 Å². The fraction of sp³-hybridized carbons (Fsp3) is 0.250. The van der Waals surface area contributed by atoms with Crippen LogP contribution in [0.4, 0.5) is 11.6 Å². The van der Waals surface area contributed by atoms with Crippen LogP contribution in [0.5, 0.6) is 0 Å². The number of hydrogen-bond acceptors (Lipinski definition) is 2. The summed E-state index contributed by atoms with van der Waals surface area (Å²) in [7, 11) is 1.92. The Morgan fingerprint density at radius 2 is 1.88 bits per heavy atom. The molecule has 1 aromatic heterocycles. The second-order valence-corrected chi connectivity index (χ2v) is 4.84. The number of aryl methyl sites for hydroxylation is 3. The topological polar surface area (TPSA) is 29.9 Å². The summed E-state index contributed by atoms with van der Waals surface area (Å²) in [6, 6.07) is 3.64. The van der Waals surface area contributed by atoms with E-state index in [1.807, 2.05) is 43.8 Å². The zero-order valence-electron chi connectivity index (χ0n) is 9.88. The van der Waals surface area contributed by atoms with Crippen LogP contribution in [0, 0.1) is 13.8 Å². The van der Waals surface area contributed by atoms with E-state index in [9.17, 15) is 0 Å². The van der Waals surface area contributed by atoms with E-state index in [2.05, 4.69) is 10.3 Å². The number of anilines is 2. The van der Waals surface area contributed by atoms with Gasteiger partial charge in [0.1, 0.15) is 0 Å². The number of nitrogens with zero attached hydrogens (tertiary/aromatic N) is 2. The predicted octanol–water partition coefficient (Wildman–Crippen LogP) is 4.09. The van der Waals surface area contributed by atoms with Gasteiger partial charge in [0.05, 0.1) is 16.4 Å². The molecule has 1 N–H and O–H groups in total. The first-order valence-corrected chi connectivity index (χ1v) is 5.95. The Kier molecular flexibility index (Phi) is 3.31. The van der Waals surface area contributed by atoms with Crippen molar-refractivity contribution in [3.8, 4) is 0 Å². The molecule has 90 valence electrons. The van der Waals surface area contributed by atoms with Crippen molar-refractivity contribution in [2.45, 2.75) is 13.8 Å². The molecule has 0 saturated carbocycles. The molecule has 5 heteroatoms. The monoisotopic (exact) mass is 269 g/mol. The minimum atomic E-state index is 0.632. The van der Waals surface area contributed by atoms with Gasteiger partial charge in [-0.1, -0.05) is 23.2 Å². The summed E-state index contributed by atoms with van der Waals surface area (Å²) >= 11 is 12.2. The number of rotatable bonds is 2. The third-order valence-electron chi connectivity index (χ3n) is 2.49. The van der Waals surface area contributed by atoms with E-state index in [-0.39, 0.29) is 0 Å². The Morgan fingerprint density at radius 3 is 2.47 bits per heavy atom. The van der Waals surface area contributed by atoms with Crippen molar-refractivity contribution in [1.82, 2.24) is 9.55 Å². The molecular formula is C12H13Cl2N3. The van der Waals surface area contributed by atoms with Crippen molar-refractivity contribution in [1.29, 1.82) is 0 Å². The van der Waals surface area contributed by atoms with Crippen LogP contribution in [0.25, 0.3) is 0 Å². The third kappa shape index (κ3) is 2.56. The molecule has 0 radical (unpaired) electrons. The lowest BCUT2D eigenvalue weighted by molar-refractivity contribution is 0.924. The molecule has 0 atom stereocenters. The molecule has 17 heavy (non-hydrogen) atoms. The smallest absolute Gasteiger partial charge is 0.207 e. The molecule has 0 aliphatic carbocycles. The van der Waals surface area contributed by atoms with Gasteiger partial charge >= 0.3 is 0 Å². The van der Waals surface area contributed by atoms with Gasteiger partial charge in [0.2, 0.25) is 5.95 Å². The van der Waals surface area contributed by atoms with Crippen molar-refractivity contribution >= 4 is 34.8 Å². The Hall–Kier alpha value is -1.19. The van der Waals surface area contributed by atoms with Crippen LogP contribution in [-0.4, -0.2) is 9.55 Å². The summed E-state index contributed by atoms with van der Waals surface area (Å²) in [6.45, 7) is 3.86. The van der Waals surface area contributed by atoms with Crippen LogP contribution in [0.1, 0.15) is 11.3 Å².